The first kappa shape index (κ1) is 22.3. The molecule has 1 heterocycles. The van der Waals surface area contributed by atoms with Crippen LogP contribution in [-0.2, 0) is 6.42 Å². The molecule has 0 saturated heterocycles. The highest BCUT2D eigenvalue weighted by molar-refractivity contribution is 5.90. The van der Waals surface area contributed by atoms with Gasteiger partial charge in [0.15, 0.2) is 0 Å². The van der Waals surface area contributed by atoms with Crippen molar-refractivity contribution in [2.75, 3.05) is 12.4 Å². The van der Waals surface area contributed by atoms with Crippen LogP contribution in [0.15, 0.2) is 77.6 Å². The minimum absolute atomic E-state index is 0.143. The molecule has 4 aromatic rings. The fraction of sp³-hybridized carbons (Fsp3) is 0.222. The first-order valence-corrected chi connectivity index (χ1v) is 11.1. The molecule has 0 radical (unpaired) electrons. The number of urea groups is 1. The zero-order valence-corrected chi connectivity index (χ0v) is 19.4. The second-order valence-electron chi connectivity index (χ2n) is 8.14. The summed E-state index contributed by atoms with van der Waals surface area (Å²) in [5.41, 5.74) is 4.03. The number of rotatable bonds is 5. The summed E-state index contributed by atoms with van der Waals surface area (Å²) in [5.74, 6) is 0.516. The van der Waals surface area contributed by atoms with Gasteiger partial charge in [-0.15, -0.1) is 0 Å². The second-order valence-corrected chi connectivity index (χ2v) is 8.14. The van der Waals surface area contributed by atoms with Crippen LogP contribution in [-0.4, -0.2) is 27.5 Å². The molecule has 6 heteroatoms. The molecule has 0 fully saturated rings. The van der Waals surface area contributed by atoms with Crippen molar-refractivity contribution in [2.45, 2.75) is 33.2 Å². The predicted octanol–water partition coefficient (Wildman–Crippen LogP) is 5.48. The number of hydrogen-bond acceptors (Lipinski definition) is 3. The number of carbonyl (C=O) groups is 1. The molecule has 4 rings (SSSR count). The molecule has 3 aromatic carbocycles. The molecule has 0 spiro atoms. The lowest BCUT2D eigenvalue weighted by Gasteiger charge is -2.28. The molecule has 0 aliphatic carbocycles. The van der Waals surface area contributed by atoms with Crippen LogP contribution >= 0.6 is 0 Å². The van der Waals surface area contributed by atoms with E-state index in [1.807, 2.05) is 80.6 Å². The predicted molar refractivity (Wildman–Crippen MR) is 133 cm³/mol. The third-order valence-corrected chi connectivity index (χ3v) is 6.08. The summed E-state index contributed by atoms with van der Waals surface area (Å²) in [6.07, 6.45) is 0.771. The van der Waals surface area contributed by atoms with E-state index in [4.69, 9.17) is 4.98 Å². The van der Waals surface area contributed by atoms with Gasteiger partial charge >= 0.3 is 6.03 Å². The van der Waals surface area contributed by atoms with Gasteiger partial charge in [-0.05, 0) is 55.7 Å². The van der Waals surface area contributed by atoms with Crippen molar-refractivity contribution in [1.82, 2.24) is 14.5 Å². The number of amides is 2. The van der Waals surface area contributed by atoms with Gasteiger partial charge in [-0.3, -0.25) is 9.36 Å². The van der Waals surface area contributed by atoms with Gasteiger partial charge in [0.2, 0.25) is 0 Å². The van der Waals surface area contributed by atoms with Gasteiger partial charge < -0.3 is 10.2 Å². The summed E-state index contributed by atoms with van der Waals surface area (Å²) in [4.78, 5) is 33.2. The summed E-state index contributed by atoms with van der Waals surface area (Å²) < 4.78 is 1.66. The molecule has 0 bridgehead atoms. The number of carbonyl (C=O) groups excluding carboxylic acids is 1. The van der Waals surface area contributed by atoms with Crippen molar-refractivity contribution in [3.63, 3.8) is 0 Å². The normalized spacial score (nSPS) is 11.9. The lowest BCUT2D eigenvalue weighted by atomic mass is 10.1. The summed E-state index contributed by atoms with van der Waals surface area (Å²) >= 11 is 0. The number of hydrogen-bond donors (Lipinski definition) is 1. The SMILES string of the molecule is CCc1ccccc1-n1c(C(C)N(C)C(=O)Nc2ccccc2C)nc2ccccc2c1=O. The average Bonchev–Trinajstić information content (AvgIpc) is 2.84. The van der Waals surface area contributed by atoms with Crippen LogP contribution < -0.4 is 10.9 Å². The maximum atomic E-state index is 13.7. The fourth-order valence-corrected chi connectivity index (χ4v) is 3.96. The molecule has 0 aliphatic rings. The first-order chi connectivity index (χ1) is 15.9. The molecular formula is C27H28N4O2. The monoisotopic (exact) mass is 440 g/mol. The standard InChI is InChI=1S/C27H28N4O2/c1-5-20-13-7-11-17-24(20)31-25(28-23-16-10-8-14-21(23)26(31)32)19(3)30(4)27(33)29-22-15-9-6-12-18(22)2/h6-17,19H,5H2,1-4H3,(H,29,33). The third-order valence-electron chi connectivity index (χ3n) is 6.08. The molecule has 0 aliphatic heterocycles. The van der Waals surface area contributed by atoms with Crippen LogP contribution in [0.25, 0.3) is 16.6 Å². The molecule has 168 valence electrons. The van der Waals surface area contributed by atoms with E-state index in [0.717, 1.165) is 28.9 Å². The Morgan fingerprint density at radius 3 is 2.45 bits per heavy atom. The van der Waals surface area contributed by atoms with E-state index >= 15 is 0 Å². The highest BCUT2D eigenvalue weighted by atomic mass is 16.2. The Morgan fingerprint density at radius 2 is 1.70 bits per heavy atom. The van der Waals surface area contributed by atoms with Crippen molar-refractivity contribution >= 4 is 22.6 Å². The smallest absolute Gasteiger partial charge is 0.318 e. The van der Waals surface area contributed by atoms with E-state index in [9.17, 15) is 9.59 Å². The number of anilines is 1. The van der Waals surface area contributed by atoms with Gasteiger partial charge in [0.1, 0.15) is 5.82 Å². The molecule has 1 unspecified atom stereocenters. The topological polar surface area (TPSA) is 67.2 Å². The van der Waals surface area contributed by atoms with Gasteiger partial charge in [-0.25, -0.2) is 9.78 Å². The number of aryl methyl sites for hydroxylation is 2. The zero-order valence-electron chi connectivity index (χ0n) is 19.4. The highest BCUT2D eigenvalue weighted by Crippen LogP contribution is 2.25. The minimum atomic E-state index is -0.462. The van der Waals surface area contributed by atoms with Gasteiger partial charge in [0.25, 0.3) is 5.56 Å². The number of fused-ring (bicyclic) bond motifs is 1. The number of aromatic nitrogens is 2. The molecule has 6 nitrogen and oxygen atoms in total. The molecule has 33 heavy (non-hydrogen) atoms. The van der Waals surface area contributed by atoms with Crippen LogP contribution in [0.1, 0.15) is 36.8 Å². The summed E-state index contributed by atoms with van der Waals surface area (Å²) in [5, 5.41) is 3.51. The lowest BCUT2D eigenvalue weighted by molar-refractivity contribution is 0.205. The number of nitrogens with one attached hydrogen (secondary N) is 1. The van der Waals surface area contributed by atoms with Crippen molar-refractivity contribution in [3.05, 3.63) is 100 Å². The van der Waals surface area contributed by atoms with Crippen LogP contribution in [0.2, 0.25) is 0 Å². The van der Waals surface area contributed by atoms with Gasteiger partial charge in [-0.2, -0.15) is 0 Å². The van der Waals surface area contributed by atoms with E-state index < -0.39 is 6.04 Å². The summed E-state index contributed by atoms with van der Waals surface area (Å²) in [6.45, 7) is 5.89. The Hall–Kier alpha value is -3.93. The van der Waals surface area contributed by atoms with Crippen LogP contribution in [0.4, 0.5) is 10.5 Å². The van der Waals surface area contributed by atoms with Crippen molar-refractivity contribution in [2.24, 2.45) is 0 Å². The third kappa shape index (κ3) is 4.24. The molecule has 1 N–H and O–H groups in total. The van der Waals surface area contributed by atoms with E-state index in [0.29, 0.717) is 16.7 Å². The molecular weight excluding hydrogens is 412 g/mol. The Morgan fingerprint density at radius 1 is 1.03 bits per heavy atom. The second kappa shape index (κ2) is 9.28. The Balaban J connectivity index is 1.83. The molecule has 1 atom stereocenters. The van der Waals surface area contributed by atoms with E-state index in [-0.39, 0.29) is 11.6 Å². The van der Waals surface area contributed by atoms with Crippen LogP contribution in [0.3, 0.4) is 0 Å². The largest absolute Gasteiger partial charge is 0.322 e. The molecule has 0 saturated carbocycles. The fourth-order valence-electron chi connectivity index (χ4n) is 3.96. The maximum Gasteiger partial charge on any atom is 0.322 e. The summed E-state index contributed by atoms with van der Waals surface area (Å²) in [6, 6.07) is 22.1. The number of nitrogens with zero attached hydrogens (tertiary/aromatic N) is 3. The molecule has 1 aromatic heterocycles. The average molecular weight is 441 g/mol. The van der Waals surface area contributed by atoms with Crippen molar-refractivity contribution < 1.29 is 4.79 Å². The van der Waals surface area contributed by atoms with Crippen molar-refractivity contribution in [1.29, 1.82) is 0 Å². The lowest BCUT2D eigenvalue weighted by Crippen LogP contribution is -2.37. The molecule has 2 amide bonds. The van der Waals surface area contributed by atoms with Gasteiger partial charge in [-0.1, -0.05) is 55.5 Å². The van der Waals surface area contributed by atoms with Crippen LogP contribution in [0.5, 0.6) is 0 Å². The minimum Gasteiger partial charge on any atom is -0.318 e. The number of benzene rings is 3. The first-order valence-electron chi connectivity index (χ1n) is 11.1. The van der Waals surface area contributed by atoms with Crippen LogP contribution in [0, 0.1) is 6.92 Å². The Labute approximate surface area is 193 Å². The van der Waals surface area contributed by atoms with E-state index in [2.05, 4.69) is 12.2 Å². The Kier molecular flexibility index (Phi) is 6.27. The van der Waals surface area contributed by atoms with Gasteiger partial charge in [0, 0.05) is 12.7 Å². The van der Waals surface area contributed by atoms with E-state index in [1.54, 1.807) is 22.6 Å². The maximum absolute atomic E-state index is 13.7. The van der Waals surface area contributed by atoms with Gasteiger partial charge in [0.05, 0.1) is 22.6 Å². The number of para-hydroxylation sites is 3. The highest BCUT2D eigenvalue weighted by Gasteiger charge is 2.25. The van der Waals surface area contributed by atoms with E-state index in [1.165, 1.54) is 0 Å². The zero-order chi connectivity index (χ0) is 23.5. The summed E-state index contributed by atoms with van der Waals surface area (Å²) in [7, 11) is 1.72. The quantitative estimate of drug-likeness (QED) is 0.447. The van der Waals surface area contributed by atoms with Crippen molar-refractivity contribution in [3.8, 4) is 5.69 Å². The Bertz CT molecular complexity index is 1380.